The summed E-state index contributed by atoms with van der Waals surface area (Å²) in [5.74, 6) is -0.201. The number of nitrogens with zero attached hydrogens (tertiary/aromatic N) is 1. The van der Waals surface area contributed by atoms with Gasteiger partial charge in [-0.3, -0.25) is 0 Å². The molecule has 0 aliphatic carbocycles. The molecule has 106 valence electrons. The van der Waals surface area contributed by atoms with E-state index < -0.39 is 6.10 Å². The normalized spacial score (nSPS) is 12.2. The maximum atomic E-state index is 13.7. The van der Waals surface area contributed by atoms with Crippen molar-refractivity contribution in [3.63, 3.8) is 0 Å². The molecule has 20 heavy (non-hydrogen) atoms. The van der Waals surface area contributed by atoms with Gasteiger partial charge in [0.2, 0.25) is 0 Å². The third kappa shape index (κ3) is 3.17. The fourth-order valence-corrected chi connectivity index (χ4v) is 2.30. The van der Waals surface area contributed by atoms with Crippen LogP contribution in [-0.2, 0) is 6.54 Å². The SMILES string of the molecule is CC[C@@H](O)c1ccccc1N(C)Cc1ccccc1F. The Hall–Kier alpha value is -1.87. The number of aliphatic hydroxyl groups excluding tert-OH is 1. The first-order chi connectivity index (χ1) is 9.63. The van der Waals surface area contributed by atoms with E-state index in [1.807, 2.05) is 49.2 Å². The first kappa shape index (κ1) is 14.5. The van der Waals surface area contributed by atoms with E-state index >= 15 is 0 Å². The summed E-state index contributed by atoms with van der Waals surface area (Å²) in [5, 5.41) is 10.1. The molecule has 2 aromatic rings. The second kappa shape index (κ2) is 6.53. The lowest BCUT2D eigenvalue weighted by atomic mass is 10.0. The van der Waals surface area contributed by atoms with E-state index in [1.165, 1.54) is 6.07 Å². The average molecular weight is 273 g/mol. The van der Waals surface area contributed by atoms with Crippen LogP contribution in [0.15, 0.2) is 48.5 Å². The summed E-state index contributed by atoms with van der Waals surface area (Å²) in [6, 6.07) is 14.5. The molecular weight excluding hydrogens is 253 g/mol. The molecule has 2 nitrogen and oxygen atoms in total. The largest absolute Gasteiger partial charge is 0.388 e. The summed E-state index contributed by atoms with van der Waals surface area (Å²) in [5.41, 5.74) is 2.47. The van der Waals surface area contributed by atoms with Crippen molar-refractivity contribution in [2.75, 3.05) is 11.9 Å². The number of anilines is 1. The predicted octanol–water partition coefficient (Wildman–Crippen LogP) is 3.91. The third-order valence-electron chi connectivity index (χ3n) is 3.46. The van der Waals surface area contributed by atoms with Gasteiger partial charge in [0, 0.05) is 30.4 Å². The third-order valence-corrected chi connectivity index (χ3v) is 3.46. The molecule has 0 saturated heterocycles. The summed E-state index contributed by atoms with van der Waals surface area (Å²) >= 11 is 0. The molecule has 0 aliphatic heterocycles. The molecule has 0 saturated carbocycles. The second-order valence-electron chi connectivity index (χ2n) is 4.93. The highest BCUT2D eigenvalue weighted by molar-refractivity contribution is 5.54. The van der Waals surface area contributed by atoms with Gasteiger partial charge in [0.05, 0.1) is 6.10 Å². The summed E-state index contributed by atoms with van der Waals surface area (Å²) in [6.45, 7) is 2.42. The standard InChI is InChI=1S/C17H20FNO/c1-3-17(20)14-9-5-7-11-16(14)19(2)12-13-8-4-6-10-15(13)18/h4-11,17,20H,3,12H2,1-2H3/t17-/m1/s1. The summed E-state index contributed by atoms with van der Waals surface area (Å²) < 4.78 is 13.7. The van der Waals surface area contributed by atoms with Crippen LogP contribution in [0.2, 0.25) is 0 Å². The lowest BCUT2D eigenvalue weighted by Gasteiger charge is -2.24. The van der Waals surface area contributed by atoms with Crippen LogP contribution in [-0.4, -0.2) is 12.2 Å². The molecule has 3 heteroatoms. The summed E-state index contributed by atoms with van der Waals surface area (Å²) in [4.78, 5) is 1.96. The molecule has 2 aromatic carbocycles. The van der Waals surface area contributed by atoms with Crippen molar-refractivity contribution in [1.29, 1.82) is 0 Å². The van der Waals surface area contributed by atoms with Gasteiger partial charge in [-0.1, -0.05) is 43.3 Å². The number of hydrogen-bond acceptors (Lipinski definition) is 2. The molecule has 0 aliphatic rings. The Morgan fingerprint density at radius 1 is 1.10 bits per heavy atom. The quantitative estimate of drug-likeness (QED) is 0.893. The topological polar surface area (TPSA) is 23.5 Å². The van der Waals surface area contributed by atoms with Gasteiger partial charge in [-0.2, -0.15) is 0 Å². The minimum Gasteiger partial charge on any atom is -0.388 e. The Labute approximate surface area is 119 Å². The van der Waals surface area contributed by atoms with Crippen LogP contribution in [0.3, 0.4) is 0 Å². The minimum absolute atomic E-state index is 0.201. The van der Waals surface area contributed by atoms with Crippen LogP contribution in [0.1, 0.15) is 30.6 Å². The summed E-state index contributed by atoms with van der Waals surface area (Å²) in [7, 11) is 1.91. The van der Waals surface area contributed by atoms with E-state index in [0.29, 0.717) is 18.5 Å². The van der Waals surface area contributed by atoms with E-state index in [4.69, 9.17) is 0 Å². The van der Waals surface area contributed by atoms with Crippen molar-refractivity contribution in [2.24, 2.45) is 0 Å². The van der Waals surface area contributed by atoms with E-state index in [0.717, 1.165) is 11.3 Å². The molecule has 0 unspecified atom stereocenters. The van der Waals surface area contributed by atoms with Crippen molar-refractivity contribution >= 4 is 5.69 Å². The first-order valence-corrected chi connectivity index (χ1v) is 6.85. The summed E-state index contributed by atoms with van der Waals surface area (Å²) in [6.07, 6.45) is 0.166. The number of benzene rings is 2. The molecule has 0 radical (unpaired) electrons. The van der Waals surface area contributed by atoms with Crippen LogP contribution in [0.4, 0.5) is 10.1 Å². The zero-order valence-electron chi connectivity index (χ0n) is 11.9. The maximum Gasteiger partial charge on any atom is 0.128 e. The van der Waals surface area contributed by atoms with Gasteiger partial charge in [0.1, 0.15) is 5.82 Å². The lowest BCUT2D eigenvalue weighted by Crippen LogP contribution is -2.19. The van der Waals surface area contributed by atoms with Gasteiger partial charge in [-0.15, -0.1) is 0 Å². The monoisotopic (exact) mass is 273 g/mol. The van der Waals surface area contributed by atoms with Gasteiger partial charge in [0.15, 0.2) is 0 Å². The van der Waals surface area contributed by atoms with Gasteiger partial charge >= 0.3 is 0 Å². The minimum atomic E-state index is -0.491. The Kier molecular flexibility index (Phi) is 4.74. The number of hydrogen-bond donors (Lipinski definition) is 1. The predicted molar refractivity (Wildman–Crippen MR) is 80.2 cm³/mol. The van der Waals surface area contributed by atoms with E-state index in [1.54, 1.807) is 12.1 Å². The lowest BCUT2D eigenvalue weighted by molar-refractivity contribution is 0.174. The highest BCUT2D eigenvalue weighted by Gasteiger charge is 2.14. The van der Waals surface area contributed by atoms with Crippen LogP contribution in [0, 0.1) is 5.82 Å². The second-order valence-corrected chi connectivity index (χ2v) is 4.93. The maximum absolute atomic E-state index is 13.7. The van der Waals surface area contributed by atoms with Crippen LogP contribution < -0.4 is 4.90 Å². The van der Waals surface area contributed by atoms with Crippen molar-refractivity contribution in [3.05, 3.63) is 65.5 Å². The molecule has 2 rings (SSSR count). The Balaban J connectivity index is 2.26. The molecule has 0 spiro atoms. The zero-order chi connectivity index (χ0) is 14.5. The van der Waals surface area contributed by atoms with E-state index in [2.05, 4.69) is 0 Å². The Bertz CT molecular complexity index is 570. The van der Waals surface area contributed by atoms with Gasteiger partial charge < -0.3 is 10.0 Å². The van der Waals surface area contributed by atoms with Crippen molar-refractivity contribution in [1.82, 2.24) is 0 Å². The number of rotatable bonds is 5. The van der Waals surface area contributed by atoms with Crippen molar-refractivity contribution in [2.45, 2.75) is 26.0 Å². The van der Waals surface area contributed by atoms with Gasteiger partial charge in [-0.05, 0) is 18.6 Å². The first-order valence-electron chi connectivity index (χ1n) is 6.85. The van der Waals surface area contributed by atoms with Crippen LogP contribution in [0.25, 0.3) is 0 Å². The van der Waals surface area contributed by atoms with Crippen molar-refractivity contribution < 1.29 is 9.50 Å². The number of aliphatic hydroxyl groups is 1. The molecular formula is C17H20FNO. The molecule has 1 N–H and O–H groups in total. The van der Waals surface area contributed by atoms with E-state index in [9.17, 15) is 9.50 Å². The molecule has 0 fully saturated rings. The van der Waals surface area contributed by atoms with Crippen LogP contribution in [0.5, 0.6) is 0 Å². The molecule has 0 bridgehead atoms. The van der Waals surface area contributed by atoms with Crippen LogP contribution >= 0.6 is 0 Å². The van der Waals surface area contributed by atoms with Gasteiger partial charge in [-0.25, -0.2) is 4.39 Å². The molecule has 1 atom stereocenters. The smallest absolute Gasteiger partial charge is 0.128 e. The molecule has 0 aromatic heterocycles. The van der Waals surface area contributed by atoms with Gasteiger partial charge in [0.25, 0.3) is 0 Å². The average Bonchev–Trinajstić information content (AvgIpc) is 2.48. The van der Waals surface area contributed by atoms with E-state index in [-0.39, 0.29) is 5.82 Å². The molecule has 0 amide bonds. The highest BCUT2D eigenvalue weighted by atomic mass is 19.1. The highest BCUT2D eigenvalue weighted by Crippen LogP contribution is 2.28. The number of halogens is 1. The fraction of sp³-hybridized carbons (Fsp3) is 0.294. The Morgan fingerprint density at radius 2 is 1.75 bits per heavy atom. The van der Waals surface area contributed by atoms with Crippen molar-refractivity contribution in [3.8, 4) is 0 Å². The fourth-order valence-electron chi connectivity index (χ4n) is 2.30. The Morgan fingerprint density at radius 3 is 2.45 bits per heavy atom. The molecule has 0 heterocycles. The number of para-hydroxylation sites is 1. The zero-order valence-corrected chi connectivity index (χ0v) is 11.9.